The van der Waals surface area contributed by atoms with E-state index in [9.17, 15) is 8.42 Å². The molecule has 4 nitrogen and oxygen atoms in total. The summed E-state index contributed by atoms with van der Waals surface area (Å²) in [6.07, 6.45) is 0. The van der Waals surface area contributed by atoms with Crippen LogP contribution >= 0.6 is 27.3 Å². The summed E-state index contributed by atoms with van der Waals surface area (Å²) >= 11 is 4.71. The van der Waals surface area contributed by atoms with Crippen molar-refractivity contribution >= 4 is 43.0 Å². The Labute approximate surface area is 137 Å². The van der Waals surface area contributed by atoms with E-state index in [0.29, 0.717) is 23.8 Å². The summed E-state index contributed by atoms with van der Waals surface area (Å²) in [5, 5.41) is 0. The minimum absolute atomic E-state index is 0.297. The van der Waals surface area contributed by atoms with Crippen LogP contribution in [0.15, 0.2) is 39.0 Å². The molecule has 0 aliphatic heterocycles. The van der Waals surface area contributed by atoms with Crippen molar-refractivity contribution in [3.63, 3.8) is 0 Å². The molecule has 0 bridgehead atoms. The van der Waals surface area contributed by atoms with Crippen LogP contribution in [0.4, 0.5) is 5.69 Å². The maximum Gasteiger partial charge on any atom is 0.263 e. The van der Waals surface area contributed by atoms with Crippen LogP contribution in [0, 0.1) is 6.92 Å². The van der Waals surface area contributed by atoms with Crippen molar-refractivity contribution in [1.82, 2.24) is 0 Å². The van der Waals surface area contributed by atoms with Crippen LogP contribution in [0.2, 0.25) is 0 Å². The summed E-state index contributed by atoms with van der Waals surface area (Å²) in [7, 11) is -3.60. The fourth-order valence-corrected chi connectivity index (χ4v) is 5.37. The number of para-hydroxylation sites is 1. The predicted octanol–water partition coefficient (Wildman–Crippen LogP) is 4.16. The number of ether oxygens (including phenoxy) is 1. The zero-order chi connectivity index (χ0) is 15.5. The van der Waals surface area contributed by atoms with Crippen molar-refractivity contribution < 1.29 is 13.2 Å². The number of thiophene rings is 1. The molecule has 0 atom stereocenters. The van der Waals surface area contributed by atoms with Gasteiger partial charge >= 0.3 is 0 Å². The van der Waals surface area contributed by atoms with E-state index in [4.69, 9.17) is 4.74 Å². The average Bonchev–Trinajstić information content (AvgIpc) is 2.77. The number of rotatable bonds is 6. The number of benzene rings is 1. The van der Waals surface area contributed by atoms with Crippen LogP contribution in [-0.4, -0.2) is 15.0 Å². The van der Waals surface area contributed by atoms with Gasteiger partial charge in [-0.2, -0.15) is 0 Å². The molecule has 1 N–H and O–H groups in total. The Bertz CT molecular complexity index is 726. The maximum absolute atomic E-state index is 12.5. The number of nitrogens with one attached hydrogen (secondary N) is 1. The first-order chi connectivity index (χ1) is 9.94. The van der Waals surface area contributed by atoms with Crippen molar-refractivity contribution in [2.75, 3.05) is 11.3 Å². The molecule has 0 fully saturated rings. The second-order valence-corrected chi connectivity index (χ2v) is 8.66. The molecular formula is C14H16BrNO3S2. The first-order valence-corrected chi connectivity index (χ1v) is 9.47. The van der Waals surface area contributed by atoms with Crippen LogP contribution < -0.4 is 4.72 Å². The van der Waals surface area contributed by atoms with Gasteiger partial charge in [-0.3, -0.25) is 4.72 Å². The Morgan fingerprint density at radius 1 is 1.33 bits per heavy atom. The van der Waals surface area contributed by atoms with Gasteiger partial charge in [0.1, 0.15) is 4.90 Å². The minimum Gasteiger partial charge on any atom is -0.377 e. The van der Waals surface area contributed by atoms with Gasteiger partial charge in [0.15, 0.2) is 0 Å². The van der Waals surface area contributed by atoms with Crippen molar-refractivity contribution in [2.24, 2.45) is 0 Å². The van der Waals surface area contributed by atoms with Gasteiger partial charge in [0.25, 0.3) is 10.0 Å². The van der Waals surface area contributed by atoms with E-state index in [1.165, 1.54) is 11.3 Å². The van der Waals surface area contributed by atoms with Crippen molar-refractivity contribution in [3.8, 4) is 0 Å². The molecule has 0 spiro atoms. The lowest BCUT2D eigenvalue weighted by molar-refractivity contribution is 0.134. The van der Waals surface area contributed by atoms with Crippen LogP contribution in [0.25, 0.3) is 0 Å². The lowest BCUT2D eigenvalue weighted by Gasteiger charge is -2.12. The molecule has 114 valence electrons. The van der Waals surface area contributed by atoms with E-state index in [0.717, 1.165) is 14.2 Å². The molecular weight excluding hydrogens is 374 g/mol. The first kappa shape index (κ1) is 16.5. The van der Waals surface area contributed by atoms with Gasteiger partial charge in [-0.15, -0.1) is 11.3 Å². The normalized spacial score (nSPS) is 11.6. The van der Waals surface area contributed by atoms with Gasteiger partial charge in [-0.1, -0.05) is 18.2 Å². The maximum atomic E-state index is 12.5. The number of anilines is 1. The quantitative estimate of drug-likeness (QED) is 0.806. The lowest BCUT2D eigenvalue weighted by atomic mass is 10.2. The highest BCUT2D eigenvalue weighted by molar-refractivity contribution is 9.11. The van der Waals surface area contributed by atoms with Gasteiger partial charge in [-0.25, -0.2) is 8.42 Å². The Morgan fingerprint density at radius 3 is 2.67 bits per heavy atom. The number of halogens is 1. The molecule has 0 aliphatic rings. The third-order valence-corrected chi connectivity index (χ3v) is 6.03. The van der Waals surface area contributed by atoms with E-state index in [2.05, 4.69) is 20.7 Å². The van der Waals surface area contributed by atoms with Gasteiger partial charge in [0, 0.05) is 17.0 Å². The fraction of sp³-hybridized carbons (Fsp3) is 0.286. The van der Waals surface area contributed by atoms with Crippen molar-refractivity contribution in [1.29, 1.82) is 0 Å². The molecule has 1 heterocycles. The van der Waals surface area contributed by atoms with E-state index in [-0.39, 0.29) is 0 Å². The van der Waals surface area contributed by atoms with Crippen LogP contribution in [0.3, 0.4) is 0 Å². The third-order valence-electron chi connectivity index (χ3n) is 2.86. The Kier molecular flexibility index (Phi) is 5.43. The zero-order valence-corrected chi connectivity index (χ0v) is 14.9. The Hall–Kier alpha value is -0.890. The lowest BCUT2D eigenvalue weighted by Crippen LogP contribution is -2.14. The molecule has 0 radical (unpaired) electrons. The van der Waals surface area contributed by atoms with E-state index in [1.54, 1.807) is 25.1 Å². The molecule has 0 amide bonds. The molecule has 0 saturated heterocycles. The molecule has 2 aromatic rings. The summed E-state index contributed by atoms with van der Waals surface area (Å²) in [6.45, 7) is 4.65. The predicted molar refractivity (Wildman–Crippen MR) is 89.3 cm³/mol. The topological polar surface area (TPSA) is 55.4 Å². The monoisotopic (exact) mass is 389 g/mol. The van der Waals surface area contributed by atoms with Crippen molar-refractivity contribution in [3.05, 3.63) is 44.6 Å². The number of sulfonamides is 1. The molecule has 7 heteroatoms. The summed E-state index contributed by atoms with van der Waals surface area (Å²) in [4.78, 5) is 1.04. The average molecular weight is 390 g/mol. The third kappa shape index (κ3) is 4.06. The van der Waals surface area contributed by atoms with Crippen molar-refractivity contribution in [2.45, 2.75) is 25.3 Å². The standard InChI is InChI=1S/C14H16BrNO3S2/c1-3-19-9-11-6-4-5-7-12(11)16-21(17,18)13-8-14(15)20-10(13)2/h4-8,16H,3,9H2,1-2H3. The largest absolute Gasteiger partial charge is 0.377 e. The highest BCUT2D eigenvalue weighted by Gasteiger charge is 2.20. The summed E-state index contributed by atoms with van der Waals surface area (Å²) in [5.41, 5.74) is 1.36. The second-order valence-electron chi connectivity index (χ2n) is 4.37. The van der Waals surface area contributed by atoms with E-state index >= 15 is 0 Å². The number of hydrogen-bond donors (Lipinski definition) is 1. The highest BCUT2D eigenvalue weighted by atomic mass is 79.9. The fourth-order valence-electron chi connectivity index (χ4n) is 1.85. The number of hydrogen-bond acceptors (Lipinski definition) is 4. The SMILES string of the molecule is CCOCc1ccccc1NS(=O)(=O)c1cc(Br)sc1C. The van der Waals surface area contributed by atoms with Crippen LogP contribution in [0.1, 0.15) is 17.4 Å². The summed E-state index contributed by atoms with van der Waals surface area (Å²) in [5.74, 6) is 0. The molecule has 0 saturated carbocycles. The van der Waals surface area contributed by atoms with Gasteiger partial charge in [0.2, 0.25) is 0 Å². The Balaban J connectivity index is 2.31. The van der Waals surface area contributed by atoms with Crippen LogP contribution in [0.5, 0.6) is 0 Å². The van der Waals surface area contributed by atoms with Crippen LogP contribution in [-0.2, 0) is 21.4 Å². The molecule has 0 aliphatic carbocycles. The Morgan fingerprint density at radius 2 is 2.05 bits per heavy atom. The van der Waals surface area contributed by atoms with E-state index < -0.39 is 10.0 Å². The molecule has 21 heavy (non-hydrogen) atoms. The summed E-state index contributed by atoms with van der Waals surface area (Å²) < 4.78 is 33.8. The zero-order valence-electron chi connectivity index (χ0n) is 11.7. The second kappa shape index (κ2) is 6.91. The smallest absolute Gasteiger partial charge is 0.263 e. The molecule has 2 rings (SSSR count). The van der Waals surface area contributed by atoms with Gasteiger partial charge in [-0.05, 0) is 41.9 Å². The van der Waals surface area contributed by atoms with E-state index in [1.807, 2.05) is 19.1 Å². The molecule has 0 unspecified atom stereocenters. The molecule has 1 aromatic carbocycles. The van der Waals surface area contributed by atoms with Gasteiger partial charge in [0.05, 0.1) is 16.1 Å². The van der Waals surface area contributed by atoms with Gasteiger partial charge < -0.3 is 4.74 Å². The molecule has 1 aromatic heterocycles. The highest BCUT2D eigenvalue weighted by Crippen LogP contribution is 2.31. The summed E-state index contributed by atoms with van der Waals surface area (Å²) in [6, 6.07) is 8.86. The number of aryl methyl sites for hydroxylation is 1. The first-order valence-electron chi connectivity index (χ1n) is 6.38. The minimum atomic E-state index is -3.60.